The van der Waals surface area contributed by atoms with E-state index in [0.29, 0.717) is 0 Å². The van der Waals surface area contributed by atoms with Gasteiger partial charge >= 0.3 is 5.97 Å². The standard InChI is InChI=1S/C16H23FN2O6S/c1-19(26(23,24)13-7-5-12(17)6-8-13)10-3-4-15(20)18-14(16(21)22)9-11-25-2/h5-8,14H,3-4,9-11H2,1-2H3,(H,18,20)(H,21,22). The zero-order valence-corrected chi connectivity index (χ0v) is 15.5. The fourth-order valence-corrected chi connectivity index (χ4v) is 3.34. The Labute approximate surface area is 152 Å². The minimum atomic E-state index is -3.78. The van der Waals surface area contributed by atoms with Gasteiger partial charge in [0.1, 0.15) is 11.9 Å². The molecular formula is C16H23FN2O6S. The van der Waals surface area contributed by atoms with Crippen molar-refractivity contribution in [3.63, 3.8) is 0 Å². The summed E-state index contributed by atoms with van der Waals surface area (Å²) in [5.41, 5.74) is 0. The molecule has 0 radical (unpaired) electrons. The van der Waals surface area contributed by atoms with Crippen molar-refractivity contribution in [2.75, 3.05) is 27.3 Å². The first-order valence-corrected chi connectivity index (χ1v) is 9.35. The second-order valence-corrected chi connectivity index (χ2v) is 7.67. The number of halogens is 1. The van der Waals surface area contributed by atoms with Crippen molar-refractivity contribution in [2.45, 2.75) is 30.2 Å². The van der Waals surface area contributed by atoms with Crippen LogP contribution in [0.25, 0.3) is 0 Å². The maximum absolute atomic E-state index is 12.9. The molecule has 8 nitrogen and oxygen atoms in total. The molecule has 0 aromatic heterocycles. The molecule has 1 unspecified atom stereocenters. The Morgan fingerprint density at radius 2 is 1.92 bits per heavy atom. The molecular weight excluding hydrogens is 367 g/mol. The minimum Gasteiger partial charge on any atom is -0.480 e. The molecule has 0 heterocycles. The Morgan fingerprint density at radius 3 is 2.46 bits per heavy atom. The number of nitrogens with zero attached hydrogens (tertiary/aromatic N) is 1. The highest BCUT2D eigenvalue weighted by atomic mass is 32.2. The van der Waals surface area contributed by atoms with Crippen molar-refractivity contribution in [2.24, 2.45) is 0 Å². The van der Waals surface area contributed by atoms with Gasteiger partial charge in [-0.1, -0.05) is 0 Å². The molecule has 1 amide bonds. The average molecular weight is 390 g/mol. The number of nitrogens with one attached hydrogen (secondary N) is 1. The van der Waals surface area contributed by atoms with Crippen molar-refractivity contribution >= 4 is 21.9 Å². The van der Waals surface area contributed by atoms with E-state index in [-0.39, 0.29) is 37.3 Å². The third-order valence-electron chi connectivity index (χ3n) is 3.64. The second-order valence-electron chi connectivity index (χ2n) is 5.62. The first-order chi connectivity index (χ1) is 12.2. The van der Waals surface area contributed by atoms with Crippen LogP contribution in [0.2, 0.25) is 0 Å². The summed E-state index contributed by atoms with van der Waals surface area (Å²) >= 11 is 0. The zero-order chi connectivity index (χ0) is 19.7. The largest absolute Gasteiger partial charge is 0.480 e. The van der Waals surface area contributed by atoms with Crippen molar-refractivity contribution < 1.29 is 32.2 Å². The Morgan fingerprint density at radius 1 is 1.31 bits per heavy atom. The Kier molecular flexibility index (Phi) is 8.62. The van der Waals surface area contributed by atoms with Gasteiger partial charge < -0.3 is 15.2 Å². The Hall–Kier alpha value is -2.04. The van der Waals surface area contributed by atoms with Gasteiger partial charge in [0.25, 0.3) is 0 Å². The van der Waals surface area contributed by atoms with Crippen LogP contribution in [0.15, 0.2) is 29.2 Å². The van der Waals surface area contributed by atoms with Crippen LogP contribution in [0.1, 0.15) is 19.3 Å². The topological polar surface area (TPSA) is 113 Å². The fraction of sp³-hybridized carbons (Fsp3) is 0.500. The normalized spacial score (nSPS) is 12.8. The molecule has 146 valence electrons. The van der Waals surface area contributed by atoms with Crippen LogP contribution in [0, 0.1) is 5.82 Å². The lowest BCUT2D eigenvalue weighted by Gasteiger charge is -2.18. The maximum atomic E-state index is 12.9. The number of sulfonamides is 1. The van der Waals surface area contributed by atoms with Gasteiger partial charge in [-0.25, -0.2) is 21.9 Å². The Bertz CT molecular complexity index is 708. The van der Waals surface area contributed by atoms with Gasteiger partial charge in [-0.15, -0.1) is 0 Å². The number of amides is 1. The number of methoxy groups -OCH3 is 1. The van der Waals surface area contributed by atoms with E-state index in [1.807, 2.05) is 0 Å². The van der Waals surface area contributed by atoms with Gasteiger partial charge in [0.2, 0.25) is 15.9 Å². The molecule has 0 spiro atoms. The molecule has 2 N–H and O–H groups in total. The smallest absolute Gasteiger partial charge is 0.326 e. The number of ether oxygens (including phenoxy) is 1. The van der Waals surface area contributed by atoms with Crippen molar-refractivity contribution in [1.82, 2.24) is 9.62 Å². The number of carboxylic acids is 1. The van der Waals surface area contributed by atoms with Crippen LogP contribution in [-0.4, -0.2) is 63.1 Å². The quantitative estimate of drug-likeness (QED) is 0.579. The molecule has 0 aliphatic carbocycles. The van der Waals surface area contributed by atoms with Crippen molar-refractivity contribution in [3.8, 4) is 0 Å². The SMILES string of the molecule is COCCC(NC(=O)CCCN(C)S(=O)(=O)c1ccc(F)cc1)C(=O)O. The molecule has 1 aromatic carbocycles. The third kappa shape index (κ3) is 6.70. The number of hydrogen-bond donors (Lipinski definition) is 2. The van der Waals surface area contributed by atoms with E-state index in [4.69, 9.17) is 9.84 Å². The lowest BCUT2D eigenvalue weighted by Crippen LogP contribution is -2.41. The van der Waals surface area contributed by atoms with Gasteiger partial charge in [0.05, 0.1) is 4.90 Å². The molecule has 0 saturated heterocycles. The van der Waals surface area contributed by atoms with Crippen molar-refractivity contribution in [3.05, 3.63) is 30.1 Å². The third-order valence-corrected chi connectivity index (χ3v) is 5.51. The van der Waals surface area contributed by atoms with Crippen molar-refractivity contribution in [1.29, 1.82) is 0 Å². The number of carbonyl (C=O) groups is 2. The first-order valence-electron chi connectivity index (χ1n) is 7.91. The summed E-state index contributed by atoms with van der Waals surface area (Å²) in [6.07, 6.45) is 0.315. The average Bonchev–Trinajstić information content (AvgIpc) is 2.58. The van der Waals surface area contributed by atoms with Gasteiger partial charge in [0, 0.05) is 40.2 Å². The highest BCUT2D eigenvalue weighted by molar-refractivity contribution is 7.89. The van der Waals surface area contributed by atoms with Crippen LogP contribution in [0.5, 0.6) is 0 Å². The molecule has 10 heteroatoms. The molecule has 0 fully saturated rings. The number of carbonyl (C=O) groups excluding carboxylic acids is 1. The molecule has 0 bridgehead atoms. The van der Waals surface area contributed by atoms with E-state index in [9.17, 15) is 22.4 Å². The molecule has 0 aliphatic rings. The number of aliphatic carboxylic acids is 1. The lowest BCUT2D eigenvalue weighted by atomic mass is 10.2. The predicted octanol–water partition coefficient (Wildman–Crippen LogP) is 0.832. The van der Waals surface area contributed by atoms with E-state index in [2.05, 4.69) is 5.32 Å². The molecule has 0 saturated carbocycles. The van der Waals surface area contributed by atoms with Crippen LogP contribution in [0.3, 0.4) is 0 Å². The summed E-state index contributed by atoms with van der Waals surface area (Å²) in [7, 11) is -0.993. The molecule has 0 aliphatic heterocycles. The Balaban J connectivity index is 2.51. The van der Waals surface area contributed by atoms with E-state index < -0.39 is 33.8 Å². The van der Waals surface area contributed by atoms with Crippen LogP contribution < -0.4 is 5.32 Å². The molecule has 1 atom stereocenters. The van der Waals surface area contributed by atoms with Gasteiger partial charge in [0.15, 0.2) is 0 Å². The summed E-state index contributed by atoms with van der Waals surface area (Å²) in [6.45, 7) is 0.249. The molecule has 26 heavy (non-hydrogen) atoms. The highest BCUT2D eigenvalue weighted by Crippen LogP contribution is 2.15. The van der Waals surface area contributed by atoms with Crippen LogP contribution in [-0.2, 0) is 24.3 Å². The summed E-state index contributed by atoms with van der Waals surface area (Å²) in [6, 6.07) is 3.39. The molecule has 1 rings (SSSR count). The summed E-state index contributed by atoms with van der Waals surface area (Å²) in [4.78, 5) is 22.8. The monoisotopic (exact) mass is 390 g/mol. The lowest BCUT2D eigenvalue weighted by molar-refractivity contribution is -0.142. The van der Waals surface area contributed by atoms with E-state index in [1.54, 1.807) is 0 Å². The summed E-state index contributed by atoms with van der Waals surface area (Å²) in [5, 5.41) is 11.4. The van der Waals surface area contributed by atoms with Gasteiger partial charge in [-0.3, -0.25) is 4.79 Å². The van der Waals surface area contributed by atoms with Crippen LogP contribution >= 0.6 is 0 Å². The fourth-order valence-electron chi connectivity index (χ4n) is 2.13. The van der Waals surface area contributed by atoms with E-state index in [0.717, 1.165) is 16.4 Å². The number of rotatable bonds is 11. The number of carboxylic acid groups (broad SMARTS) is 1. The van der Waals surface area contributed by atoms with Gasteiger partial charge in [-0.05, 0) is 30.7 Å². The summed E-state index contributed by atoms with van der Waals surface area (Å²) in [5.74, 6) is -2.18. The van der Waals surface area contributed by atoms with Gasteiger partial charge in [-0.2, -0.15) is 0 Å². The maximum Gasteiger partial charge on any atom is 0.326 e. The van der Waals surface area contributed by atoms with Crippen LogP contribution in [0.4, 0.5) is 4.39 Å². The predicted molar refractivity (Wildman–Crippen MR) is 91.5 cm³/mol. The summed E-state index contributed by atoms with van der Waals surface area (Å²) < 4.78 is 43.4. The number of benzene rings is 1. The highest BCUT2D eigenvalue weighted by Gasteiger charge is 2.22. The van der Waals surface area contributed by atoms with E-state index >= 15 is 0 Å². The zero-order valence-electron chi connectivity index (χ0n) is 14.6. The van der Waals surface area contributed by atoms with E-state index in [1.165, 1.54) is 26.3 Å². The minimum absolute atomic E-state index is 0.0277. The molecule has 1 aromatic rings. The second kappa shape index (κ2) is 10.2. The first kappa shape index (κ1) is 22.0. The number of hydrogen-bond acceptors (Lipinski definition) is 5.